The fourth-order valence-electron chi connectivity index (χ4n) is 5.91. The van der Waals surface area contributed by atoms with Crippen molar-refractivity contribution in [2.45, 2.75) is 63.7 Å². The smallest absolute Gasteiger partial charge is 0.306 e. The summed E-state index contributed by atoms with van der Waals surface area (Å²) >= 11 is 0. The molecule has 2 aliphatic heterocycles. The molecular weight excluding hydrogens is 536 g/mol. The van der Waals surface area contributed by atoms with Crippen LogP contribution in [0.3, 0.4) is 0 Å². The van der Waals surface area contributed by atoms with Gasteiger partial charge in [0.1, 0.15) is 18.1 Å². The van der Waals surface area contributed by atoms with Crippen LogP contribution in [0.15, 0.2) is 42.5 Å². The molecule has 2 aromatic rings. The first kappa shape index (κ1) is 32.1. The van der Waals surface area contributed by atoms with Gasteiger partial charge in [-0.05, 0) is 61.1 Å². The highest BCUT2D eigenvalue weighted by atomic mass is 16.5. The van der Waals surface area contributed by atoms with E-state index in [2.05, 4.69) is 34.5 Å². The summed E-state index contributed by atoms with van der Waals surface area (Å²) in [7, 11) is 3.43. The van der Waals surface area contributed by atoms with E-state index >= 15 is 0 Å². The Morgan fingerprint density at radius 2 is 1.88 bits per heavy atom. The van der Waals surface area contributed by atoms with E-state index in [1.54, 1.807) is 14.2 Å². The highest BCUT2D eigenvalue weighted by Crippen LogP contribution is 2.36. The molecule has 4 rings (SSSR count). The molecule has 42 heavy (non-hydrogen) atoms. The Morgan fingerprint density at radius 1 is 1.10 bits per heavy atom. The minimum Gasteiger partial charge on any atom is -0.494 e. The van der Waals surface area contributed by atoms with E-state index in [9.17, 15) is 9.90 Å². The van der Waals surface area contributed by atoms with Gasteiger partial charge in [0.05, 0.1) is 37.5 Å². The van der Waals surface area contributed by atoms with E-state index in [-0.39, 0.29) is 24.0 Å². The van der Waals surface area contributed by atoms with E-state index in [0.717, 1.165) is 61.7 Å². The second kappa shape index (κ2) is 16.7. The lowest BCUT2D eigenvalue weighted by Gasteiger charge is -2.38. The molecule has 0 aromatic heterocycles. The molecule has 1 fully saturated rings. The normalized spacial score (nSPS) is 20.9. The number of piperidine rings is 1. The van der Waals surface area contributed by atoms with Gasteiger partial charge in [-0.2, -0.15) is 0 Å². The van der Waals surface area contributed by atoms with Crippen molar-refractivity contribution in [3.8, 4) is 11.5 Å². The second-order valence-electron chi connectivity index (χ2n) is 11.2. The standard InChI is InChI=1S/C33H48N2O7/c1-4-25(33(36)37)20-27-21-29(26-8-10-28(11-9-26)40-17-6-16-39-3)32(22-34-27)42-23-24-7-12-31-30(19-24)35(14-18-41-31)13-5-15-38-2/h7-12,19,25,27,29,32,34H,4-6,13-18,20-23H2,1-3H3,(H,36,37)/t25?,27-,29-,32+/m1/s1. The van der Waals surface area contributed by atoms with Gasteiger partial charge in [0.25, 0.3) is 0 Å². The first-order valence-corrected chi connectivity index (χ1v) is 15.3. The van der Waals surface area contributed by atoms with Crippen LogP contribution >= 0.6 is 0 Å². The van der Waals surface area contributed by atoms with Gasteiger partial charge in [-0.3, -0.25) is 4.79 Å². The monoisotopic (exact) mass is 584 g/mol. The fourth-order valence-corrected chi connectivity index (χ4v) is 5.91. The summed E-state index contributed by atoms with van der Waals surface area (Å²) in [4.78, 5) is 14.1. The van der Waals surface area contributed by atoms with Crippen molar-refractivity contribution in [3.63, 3.8) is 0 Å². The lowest BCUT2D eigenvalue weighted by Crippen LogP contribution is -2.48. The van der Waals surface area contributed by atoms with Gasteiger partial charge in [-0.15, -0.1) is 0 Å². The first-order chi connectivity index (χ1) is 20.5. The number of rotatable bonds is 17. The SMILES string of the molecule is CCC(C[C@@H]1C[C@H](c2ccc(OCCCOC)cc2)[C@@H](OCc2ccc3c(c2)N(CCCOC)CCO3)CN1)C(=O)O. The molecular formula is C33H48N2O7. The molecule has 4 atom stereocenters. The molecule has 232 valence electrons. The van der Waals surface area contributed by atoms with Crippen LogP contribution in [-0.4, -0.2) is 83.5 Å². The van der Waals surface area contributed by atoms with Crippen LogP contribution in [0.4, 0.5) is 5.69 Å². The van der Waals surface area contributed by atoms with Gasteiger partial charge in [-0.1, -0.05) is 25.1 Å². The number of carboxylic acid groups (broad SMARTS) is 1. The average Bonchev–Trinajstić information content (AvgIpc) is 3.01. The zero-order chi connectivity index (χ0) is 29.7. The van der Waals surface area contributed by atoms with Gasteiger partial charge in [0.2, 0.25) is 0 Å². The number of anilines is 1. The maximum Gasteiger partial charge on any atom is 0.306 e. The third-order valence-corrected chi connectivity index (χ3v) is 8.30. The Kier molecular flexibility index (Phi) is 12.8. The van der Waals surface area contributed by atoms with E-state index in [4.69, 9.17) is 23.7 Å². The molecule has 2 heterocycles. The number of nitrogens with zero attached hydrogens (tertiary/aromatic N) is 1. The van der Waals surface area contributed by atoms with E-state index in [1.165, 1.54) is 5.56 Å². The van der Waals surface area contributed by atoms with Crippen LogP contribution in [0, 0.1) is 5.92 Å². The number of methoxy groups -OCH3 is 2. The van der Waals surface area contributed by atoms with Crippen molar-refractivity contribution < 1.29 is 33.6 Å². The molecule has 0 radical (unpaired) electrons. The van der Waals surface area contributed by atoms with Crippen molar-refractivity contribution in [3.05, 3.63) is 53.6 Å². The van der Waals surface area contributed by atoms with Crippen LogP contribution in [0.5, 0.6) is 11.5 Å². The second-order valence-corrected chi connectivity index (χ2v) is 11.2. The van der Waals surface area contributed by atoms with Gasteiger partial charge in [-0.25, -0.2) is 0 Å². The molecule has 2 N–H and O–H groups in total. The van der Waals surface area contributed by atoms with Crippen molar-refractivity contribution in [1.82, 2.24) is 5.32 Å². The Hall–Kier alpha value is -2.85. The maximum absolute atomic E-state index is 11.8. The van der Waals surface area contributed by atoms with Gasteiger partial charge < -0.3 is 39.0 Å². The predicted octanol–water partition coefficient (Wildman–Crippen LogP) is 4.87. The highest BCUT2D eigenvalue weighted by molar-refractivity contribution is 5.69. The zero-order valence-electron chi connectivity index (χ0n) is 25.4. The lowest BCUT2D eigenvalue weighted by atomic mass is 9.81. The molecule has 1 saturated heterocycles. The minimum atomic E-state index is -0.725. The Morgan fingerprint density at radius 3 is 2.62 bits per heavy atom. The minimum absolute atomic E-state index is 0.0512. The largest absolute Gasteiger partial charge is 0.494 e. The molecule has 0 saturated carbocycles. The summed E-state index contributed by atoms with van der Waals surface area (Å²) in [5.41, 5.74) is 3.40. The summed E-state index contributed by atoms with van der Waals surface area (Å²) in [6.07, 6.45) is 3.80. The molecule has 0 spiro atoms. The fraction of sp³-hybridized carbons (Fsp3) is 0.606. The Labute approximate surface area is 250 Å². The number of carbonyl (C=O) groups is 1. The highest BCUT2D eigenvalue weighted by Gasteiger charge is 2.34. The number of aliphatic carboxylic acids is 1. The molecule has 1 unspecified atom stereocenters. The summed E-state index contributed by atoms with van der Waals surface area (Å²) in [5.74, 6) is 0.804. The van der Waals surface area contributed by atoms with Crippen LogP contribution in [0.1, 0.15) is 56.1 Å². The quantitative estimate of drug-likeness (QED) is 0.252. The van der Waals surface area contributed by atoms with Crippen LogP contribution in [-0.2, 0) is 25.6 Å². The van der Waals surface area contributed by atoms with Gasteiger partial charge >= 0.3 is 5.97 Å². The number of hydrogen-bond donors (Lipinski definition) is 2. The van der Waals surface area contributed by atoms with Gasteiger partial charge in [0, 0.05) is 58.9 Å². The van der Waals surface area contributed by atoms with Crippen LogP contribution in [0.2, 0.25) is 0 Å². The van der Waals surface area contributed by atoms with Gasteiger partial charge in [0.15, 0.2) is 0 Å². The number of hydrogen-bond acceptors (Lipinski definition) is 8. The number of nitrogens with one attached hydrogen (secondary N) is 1. The third-order valence-electron chi connectivity index (χ3n) is 8.30. The number of carboxylic acids is 1. The maximum atomic E-state index is 11.8. The van der Waals surface area contributed by atoms with Crippen molar-refractivity contribution in [2.24, 2.45) is 5.92 Å². The zero-order valence-corrected chi connectivity index (χ0v) is 25.4. The number of fused-ring (bicyclic) bond motifs is 1. The van der Waals surface area contributed by atoms with Crippen LogP contribution in [0.25, 0.3) is 0 Å². The summed E-state index contributed by atoms with van der Waals surface area (Å²) in [6, 6.07) is 14.7. The summed E-state index contributed by atoms with van der Waals surface area (Å²) < 4.78 is 28.8. The molecule has 0 bridgehead atoms. The predicted molar refractivity (Wildman–Crippen MR) is 163 cm³/mol. The molecule has 0 aliphatic carbocycles. The molecule has 0 amide bonds. The van der Waals surface area contributed by atoms with E-state index < -0.39 is 5.97 Å². The topological polar surface area (TPSA) is 98.7 Å². The Balaban J connectivity index is 1.45. The average molecular weight is 585 g/mol. The first-order valence-electron chi connectivity index (χ1n) is 15.3. The third kappa shape index (κ3) is 9.07. The van der Waals surface area contributed by atoms with Crippen molar-refractivity contribution in [2.75, 3.05) is 65.2 Å². The lowest BCUT2D eigenvalue weighted by molar-refractivity contribution is -0.142. The van der Waals surface area contributed by atoms with E-state index in [0.29, 0.717) is 45.8 Å². The van der Waals surface area contributed by atoms with E-state index in [1.807, 2.05) is 25.1 Å². The number of benzene rings is 2. The molecule has 2 aromatic carbocycles. The van der Waals surface area contributed by atoms with Crippen molar-refractivity contribution >= 4 is 11.7 Å². The van der Waals surface area contributed by atoms with Crippen molar-refractivity contribution in [1.29, 1.82) is 0 Å². The number of ether oxygens (including phenoxy) is 5. The molecule has 2 aliphatic rings. The molecule has 9 heteroatoms. The molecule has 9 nitrogen and oxygen atoms in total. The van der Waals surface area contributed by atoms with Crippen LogP contribution < -0.4 is 19.7 Å². The summed E-state index contributed by atoms with van der Waals surface area (Å²) in [5, 5.41) is 13.3. The Bertz CT molecular complexity index is 1100. The summed E-state index contributed by atoms with van der Waals surface area (Å²) in [6.45, 7) is 7.58.